The van der Waals surface area contributed by atoms with E-state index >= 15 is 0 Å². The van der Waals surface area contributed by atoms with Gasteiger partial charge >= 0.3 is 0 Å². The fraction of sp³-hybridized carbons (Fsp3) is 0.250. The summed E-state index contributed by atoms with van der Waals surface area (Å²) in [5, 5.41) is 0. The third-order valence-corrected chi connectivity index (χ3v) is 1.93. The highest BCUT2D eigenvalue weighted by Gasteiger charge is 2.02. The van der Waals surface area contributed by atoms with Crippen molar-refractivity contribution in [2.24, 2.45) is 4.99 Å². The van der Waals surface area contributed by atoms with Crippen LogP contribution in [0.15, 0.2) is 53.2 Å². The van der Waals surface area contributed by atoms with E-state index in [1.807, 2.05) is 25.2 Å². The number of nitrogens with zero attached hydrogens (tertiary/aromatic N) is 1. The lowest BCUT2D eigenvalue weighted by Crippen LogP contribution is -2.00. The Labute approximate surface area is 79.9 Å². The highest BCUT2D eigenvalue weighted by molar-refractivity contribution is 6.11. The van der Waals surface area contributed by atoms with Crippen molar-refractivity contribution in [2.75, 3.05) is 0 Å². The maximum Gasteiger partial charge on any atom is 0.0701 e. The summed E-state index contributed by atoms with van der Waals surface area (Å²) in [6, 6.07) is 0. The van der Waals surface area contributed by atoms with Gasteiger partial charge in [-0.25, -0.2) is 0 Å². The SMILES string of the molecule is C=C(CC)/N=C1/C=CC=C/C1=C/C. The van der Waals surface area contributed by atoms with Gasteiger partial charge in [-0.05, 0) is 25.0 Å². The largest absolute Gasteiger partial charge is 0.253 e. The van der Waals surface area contributed by atoms with Crippen LogP contribution < -0.4 is 0 Å². The number of aliphatic imine (C=N–C) groups is 1. The fourth-order valence-electron chi connectivity index (χ4n) is 1.08. The fourth-order valence-corrected chi connectivity index (χ4v) is 1.08. The molecule has 0 spiro atoms. The Balaban J connectivity index is 2.91. The van der Waals surface area contributed by atoms with Crippen LogP contribution >= 0.6 is 0 Å². The first-order chi connectivity index (χ1) is 6.27. The summed E-state index contributed by atoms with van der Waals surface area (Å²) in [7, 11) is 0. The van der Waals surface area contributed by atoms with Crippen LogP contribution in [0.2, 0.25) is 0 Å². The van der Waals surface area contributed by atoms with Gasteiger partial charge in [-0.1, -0.05) is 37.8 Å². The van der Waals surface area contributed by atoms with Crippen molar-refractivity contribution in [3.63, 3.8) is 0 Å². The number of hydrogen-bond donors (Lipinski definition) is 0. The minimum absolute atomic E-state index is 0.901. The molecular formula is C12H15N. The zero-order valence-corrected chi connectivity index (χ0v) is 8.25. The van der Waals surface area contributed by atoms with Crippen molar-refractivity contribution in [1.29, 1.82) is 0 Å². The predicted octanol–water partition coefficient (Wildman–Crippen LogP) is 3.42. The van der Waals surface area contributed by atoms with E-state index in [-0.39, 0.29) is 0 Å². The molecule has 0 fully saturated rings. The molecule has 0 atom stereocenters. The molecule has 0 aromatic carbocycles. The first-order valence-corrected chi connectivity index (χ1v) is 4.55. The van der Waals surface area contributed by atoms with Crippen LogP contribution in [0.5, 0.6) is 0 Å². The molecule has 0 aromatic heterocycles. The van der Waals surface area contributed by atoms with Crippen LogP contribution in [0.4, 0.5) is 0 Å². The van der Waals surface area contributed by atoms with E-state index in [4.69, 9.17) is 0 Å². The third-order valence-electron chi connectivity index (χ3n) is 1.93. The molecule has 0 heterocycles. The molecule has 13 heavy (non-hydrogen) atoms. The zero-order valence-electron chi connectivity index (χ0n) is 8.25. The maximum absolute atomic E-state index is 4.42. The van der Waals surface area contributed by atoms with E-state index in [0.717, 1.165) is 23.4 Å². The van der Waals surface area contributed by atoms with Crippen molar-refractivity contribution in [3.05, 3.63) is 48.2 Å². The van der Waals surface area contributed by atoms with Crippen molar-refractivity contribution in [3.8, 4) is 0 Å². The molecule has 1 aliphatic rings. The second kappa shape index (κ2) is 4.61. The van der Waals surface area contributed by atoms with E-state index in [0.29, 0.717) is 0 Å². The van der Waals surface area contributed by atoms with Crippen LogP contribution in [0.3, 0.4) is 0 Å². The second-order valence-corrected chi connectivity index (χ2v) is 2.88. The monoisotopic (exact) mass is 173 g/mol. The molecule has 0 saturated heterocycles. The minimum Gasteiger partial charge on any atom is -0.253 e. The molecule has 1 heteroatoms. The summed E-state index contributed by atoms with van der Waals surface area (Å²) < 4.78 is 0. The molecule has 1 rings (SSSR count). The number of hydrogen-bond acceptors (Lipinski definition) is 1. The van der Waals surface area contributed by atoms with Crippen LogP contribution in [0.1, 0.15) is 20.3 Å². The van der Waals surface area contributed by atoms with Gasteiger partial charge in [0, 0.05) is 5.70 Å². The molecule has 0 N–H and O–H groups in total. The van der Waals surface area contributed by atoms with Gasteiger partial charge in [0.2, 0.25) is 0 Å². The van der Waals surface area contributed by atoms with E-state index in [9.17, 15) is 0 Å². The van der Waals surface area contributed by atoms with E-state index in [1.165, 1.54) is 0 Å². The van der Waals surface area contributed by atoms with E-state index in [1.54, 1.807) is 0 Å². The quantitative estimate of drug-likeness (QED) is 0.606. The van der Waals surface area contributed by atoms with Crippen molar-refractivity contribution in [1.82, 2.24) is 0 Å². The molecule has 0 aliphatic heterocycles. The standard InChI is InChI=1S/C12H15N/c1-4-10(3)13-12-9-7-6-8-11(12)5-2/h5-9H,3-4H2,1-2H3/b11-5-,13-12-. The lowest BCUT2D eigenvalue weighted by molar-refractivity contribution is 1.08. The molecule has 0 saturated carbocycles. The molecule has 1 nitrogen and oxygen atoms in total. The van der Waals surface area contributed by atoms with Gasteiger partial charge < -0.3 is 0 Å². The van der Waals surface area contributed by atoms with Gasteiger partial charge in [0.05, 0.1) is 5.71 Å². The van der Waals surface area contributed by atoms with Gasteiger partial charge in [-0.2, -0.15) is 0 Å². The molecule has 0 amide bonds. The Morgan fingerprint density at radius 1 is 1.46 bits per heavy atom. The average molecular weight is 173 g/mol. The number of rotatable bonds is 2. The molecule has 0 aromatic rings. The summed E-state index contributed by atoms with van der Waals surface area (Å²) in [6.07, 6.45) is 11.0. The highest BCUT2D eigenvalue weighted by atomic mass is 14.7. The zero-order chi connectivity index (χ0) is 9.68. The van der Waals surface area contributed by atoms with Crippen LogP contribution in [-0.4, -0.2) is 5.71 Å². The molecular weight excluding hydrogens is 158 g/mol. The second-order valence-electron chi connectivity index (χ2n) is 2.88. The first-order valence-electron chi connectivity index (χ1n) is 4.55. The Hall–Kier alpha value is -1.37. The smallest absolute Gasteiger partial charge is 0.0701 e. The Kier molecular flexibility index (Phi) is 3.44. The van der Waals surface area contributed by atoms with Crippen LogP contribution in [0.25, 0.3) is 0 Å². The molecule has 0 bridgehead atoms. The topological polar surface area (TPSA) is 12.4 Å². The predicted molar refractivity (Wildman–Crippen MR) is 58.9 cm³/mol. The van der Waals surface area contributed by atoms with Crippen molar-refractivity contribution < 1.29 is 0 Å². The summed E-state index contributed by atoms with van der Waals surface area (Å²) >= 11 is 0. The van der Waals surface area contributed by atoms with Crippen molar-refractivity contribution >= 4 is 5.71 Å². The van der Waals surface area contributed by atoms with Gasteiger partial charge in [-0.3, -0.25) is 4.99 Å². The number of allylic oxidation sites excluding steroid dienone is 7. The molecule has 1 aliphatic carbocycles. The Morgan fingerprint density at radius 3 is 2.77 bits per heavy atom. The lowest BCUT2D eigenvalue weighted by atomic mass is 10.1. The van der Waals surface area contributed by atoms with Crippen LogP contribution in [0, 0.1) is 0 Å². The molecule has 68 valence electrons. The Bertz CT molecular complexity index is 314. The van der Waals surface area contributed by atoms with Crippen molar-refractivity contribution in [2.45, 2.75) is 20.3 Å². The minimum atomic E-state index is 0.901. The van der Waals surface area contributed by atoms with Gasteiger partial charge in [0.25, 0.3) is 0 Å². The van der Waals surface area contributed by atoms with Crippen LogP contribution in [-0.2, 0) is 0 Å². The first kappa shape index (κ1) is 9.72. The van der Waals surface area contributed by atoms with Gasteiger partial charge in [0.1, 0.15) is 0 Å². The molecule has 0 unspecified atom stereocenters. The Morgan fingerprint density at radius 2 is 2.15 bits per heavy atom. The highest BCUT2D eigenvalue weighted by Crippen LogP contribution is 2.11. The summed E-state index contributed by atoms with van der Waals surface area (Å²) in [5.41, 5.74) is 3.10. The summed E-state index contributed by atoms with van der Waals surface area (Å²) in [5.74, 6) is 0. The normalized spacial score (nSPS) is 21.4. The average Bonchev–Trinajstić information content (AvgIpc) is 2.18. The lowest BCUT2D eigenvalue weighted by Gasteiger charge is -2.06. The van der Waals surface area contributed by atoms with Gasteiger partial charge in [-0.15, -0.1) is 0 Å². The summed E-state index contributed by atoms with van der Waals surface area (Å²) in [4.78, 5) is 4.42. The van der Waals surface area contributed by atoms with E-state index < -0.39 is 0 Å². The summed E-state index contributed by atoms with van der Waals surface area (Å²) in [6.45, 7) is 7.94. The maximum atomic E-state index is 4.42. The van der Waals surface area contributed by atoms with E-state index in [2.05, 4.69) is 30.6 Å². The third kappa shape index (κ3) is 2.55. The molecule has 0 radical (unpaired) electrons. The van der Waals surface area contributed by atoms with Gasteiger partial charge in [0.15, 0.2) is 0 Å².